The number of hydrogen-bond acceptors (Lipinski definition) is 6. The molecule has 3 aromatic heterocycles. The Morgan fingerprint density at radius 3 is 2.56 bits per heavy atom. The Labute approximate surface area is 187 Å². The molecule has 2 aromatic carbocycles. The van der Waals surface area contributed by atoms with Crippen LogP contribution in [0.3, 0.4) is 0 Å². The second kappa shape index (κ2) is 7.43. The number of nitrogens with two attached hydrogens (primary N) is 1. The third kappa shape index (κ3) is 3.34. The molecule has 0 aliphatic rings. The second-order valence-electron chi connectivity index (χ2n) is 7.21. The lowest BCUT2D eigenvalue weighted by Gasteiger charge is -2.10. The highest BCUT2D eigenvalue weighted by Crippen LogP contribution is 2.31. The van der Waals surface area contributed by atoms with Crippen molar-refractivity contribution >= 4 is 28.1 Å². The van der Waals surface area contributed by atoms with Gasteiger partial charge in [0, 0.05) is 5.56 Å². The fraction of sp³-hybridized carbons (Fsp3) is 0.0952. The third-order valence-corrected chi connectivity index (χ3v) is 5.10. The average molecular weight is 469 g/mol. The number of carbonyl (C=O) groups is 1. The van der Waals surface area contributed by atoms with Crippen LogP contribution in [0.5, 0.6) is 5.75 Å². The van der Waals surface area contributed by atoms with E-state index in [0.717, 1.165) is 0 Å². The molecule has 0 spiro atoms. The van der Waals surface area contributed by atoms with E-state index >= 15 is 0 Å². The van der Waals surface area contributed by atoms with Gasteiger partial charge in [-0.3, -0.25) is 4.79 Å². The van der Waals surface area contributed by atoms with Crippen molar-refractivity contribution in [2.75, 3.05) is 7.11 Å². The predicted octanol–water partition coefficient (Wildman–Crippen LogP) is 2.78. The van der Waals surface area contributed by atoms with Gasteiger partial charge in [0.1, 0.15) is 11.3 Å². The zero-order valence-corrected chi connectivity index (χ0v) is 17.3. The molecule has 3 heterocycles. The number of nitrogens with one attached hydrogen (secondary N) is 2. The Hall–Kier alpha value is -4.68. The SMILES string of the molecule is COc1ccccc1-n1c(=O)[nH]c2c(C(N)=O)nc(-c3ccc4nc(C(F)(F)F)[nH]c4c3)nc21. The number of ether oxygens (including phenoxy) is 1. The summed E-state index contributed by atoms with van der Waals surface area (Å²) < 4.78 is 45.6. The molecule has 0 unspecified atom stereocenters. The number of alkyl halides is 3. The number of aromatic amines is 2. The molecule has 10 nitrogen and oxygen atoms in total. The maximum atomic E-state index is 13.0. The molecule has 34 heavy (non-hydrogen) atoms. The van der Waals surface area contributed by atoms with Crippen LogP contribution in [0.1, 0.15) is 16.3 Å². The van der Waals surface area contributed by atoms with Crippen LogP contribution in [0.4, 0.5) is 13.2 Å². The lowest BCUT2D eigenvalue weighted by Crippen LogP contribution is -2.16. The molecule has 0 aliphatic heterocycles. The van der Waals surface area contributed by atoms with E-state index in [-0.39, 0.29) is 39.3 Å². The summed E-state index contributed by atoms with van der Waals surface area (Å²) >= 11 is 0. The Morgan fingerprint density at radius 1 is 1.09 bits per heavy atom. The van der Waals surface area contributed by atoms with Gasteiger partial charge in [-0.25, -0.2) is 24.3 Å². The zero-order chi connectivity index (χ0) is 24.2. The van der Waals surface area contributed by atoms with Crippen LogP contribution in [0.15, 0.2) is 47.3 Å². The van der Waals surface area contributed by atoms with Crippen molar-refractivity contribution < 1.29 is 22.7 Å². The summed E-state index contributed by atoms with van der Waals surface area (Å²) in [6, 6.07) is 10.8. The average Bonchev–Trinajstić information content (AvgIpc) is 3.38. The standard InChI is InChI=1S/C21H14F3N7O3/c1-34-13-5-3-2-4-12(13)31-18-15(29-20(31)33)14(16(25)32)28-17(30-18)9-6-7-10-11(8-9)27-19(26-10)21(22,23)24/h2-8H,1H3,(H2,25,32)(H,26,27)(H,29,33). The summed E-state index contributed by atoms with van der Waals surface area (Å²) in [6.07, 6.45) is -4.65. The number of methoxy groups -OCH3 is 1. The molecule has 0 fully saturated rings. The number of carbonyl (C=O) groups excluding carboxylic acids is 1. The highest BCUT2D eigenvalue weighted by Gasteiger charge is 2.34. The predicted molar refractivity (Wildman–Crippen MR) is 115 cm³/mol. The third-order valence-electron chi connectivity index (χ3n) is 5.10. The summed E-state index contributed by atoms with van der Waals surface area (Å²) in [5.74, 6) is -1.74. The van der Waals surface area contributed by atoms with Gasteiger partial charge in [-0.1, -0.05) is 12.1 Å². The fourth-order valence-corrected chi connectivity index (χ4v) is 3.61. The van der Waals surface area contributed by atoms with Gasteiger partial charge in [0.05, 0.1) is 23.8 Å². The number of rotatable bonds is 4. The van der Waals surface area contributed by atoms with Gasteiger partial charge in [0.25, 0.3) is 5.91 Å². The van der Waals surface area contributed by atoms with Crippen molar-refractivity contribution in [2.45, 2.75) is 6.18 Å². The minimum Gasteiger partial charge on any atom is -0.495 e. The molecule has 1 amide bonds. The van der Waals surface area contributed by atoms with Gasteiger partial charge >= 0.3 is 11.9 Å². The van der Waals surface area contributed by atoms with E-state index in [2.05, 4.69) is 24.9 Å². The minimum absolute atomic E-state index is 0.00846. The van der Waals surface area contributed by atoms with Crippen molar-refractivity contribution in [1.29, 1.82) is 0 Å². The number of primary amides is 1. The summed E-state index contributed by atoms with van der Waals surface area (Å²) in [5, 5.41) is 0. The second-order valence-corrected chi connectivity index (χ2v) is 7.21. The van der Waals surface area contributed by atoms with Gasteiger partial charge < -0.3 is 20.4 Å². The number of fused-ring (bicyclic) bond motifs is 2. The van der Waals surface area contributed by atoms with Gasteiger partial charge in [0.15, 0.2) is 17.2 Å². The first-order chi connectivity index (χ1) is 16.2. The van der Waals surface area contributed by atoms with Crippen LogP contribution >= 0.6 is 0 Å². The van der Waals surface area contributed by atoms with Crippen molar-refractivity contribution in [3.63, 3.8) is 0 Å². The van der Waals surface area contributed by atoms with E-state index in [1.807, 2.05) is 0 Å². The van der Waals surface area contributed by atoms with E-state index in [9.17, 15) is 22.8 Å². The first kappa shape index (κ1) is 21.2. The molecule has 0 saturated heterocycles. The van der Waals surface area contributed by atoms with Crippen molar-refractivity contribution in [2.24, 2.45) is 5.73 Å². The Balaban J connectivity index is 1.77. The molecule has 0 aliphatic carbocycles. The molecule has 0 atom stereocenters. The van der Waals surface area contributed by atoms with Gasteiger partial charge in [0.2, 0.25) is 5.82 Å². The molecule has 5 aromatic rings. The molecule has 0 saturated carbocycles. The molecule has 5 rings (SSSR count). The molecular weight excluding hydrogens is 455 g/mol. The molecular formula is C21H14F3N7O3. The molecule has 4 N–H and O–H groups in total. The molecule has 0 radical (unpaired) electrons. The first-order valence-corrected chi connectivity index (χ1v) is 9.70. The maximum Gasteiger partial charge on any atom is 0.449 e. The minimum atomic E-state index is -4.65. The number of nitrogens with zero attached hydrogens (tertiary/aromatic N) is 4. The van der Waals surface area contributed by atoms with Gasteiger partial charge in [-0.15, -0.1) is 0 Å². The largest absolute Gasteiger partial charge is 0.495 e. The lowest BCUT2D eigenvalue weighted by atomic mass is 10.2. The van der Waals surface area contributed by atoms with Crippen LogP contribution in [0, 0.1) is 0 Å². The number of para-hydroxylation sites is 2. The van der Waals surface area contributed by atoms with Crippen LogP contribution in [-0.4, -0.2) is 42.5 Å². The number of halogens is 3. The normalized spacial score (nSPS) is 11.9. The highest BCUT2D eigenvalue weighted by molar-refractivity contribution is 6.02. The van der Waals surface area contributed by atoms with E-state index < -0.39 is 23.6 Å². The number of benzene rings is 2. The topological polar surface area (TPSA) is 145 Å². The highest BCUT2D eigenvalue weighted by atomic mass is 19.4. The Kier molecular flexibility index (Phi) is 4.63. The smallest absolute Gasteiger partial charge is 0.449 e. The summed E-state index contributed by atoms with van der Waals surface area (Å²) in [4.78, 5) is 41.8. The van der Waals surface area contributed by atoms with Crippen LogP contribution in [-0.2, 0) is 6.18 Å². The van der Waals surface area contributed by atoms with Crippen molar-refractivity contribution in [3.8, 4) is 22.8 Å². The van der Waals surface area contributed by atoms with Crippen molar-refractivity contribution in [1.82, 2.24) is 29.5 Å². The Bertz CT molecular complexity index is 1650. The van der Waals surface area contributed by atoms with Crippen molar-refractivity contribution in [3.05, 3.63) is 64.5 Å². The van der Waals surface area contributed by atoms with Crippen LogP contribution in [0.25, 0.3) is 39.3 Å². The van der Waals surface area contributed by atoms with Crippen LogP contribution < -0.4 is 16.2 Å². The van der Waals surface area contributed by atoms with E-state index in [1.165, 1.54) is 29.9 Å². The van der Waals surface area contributed by atoms with E-state index in [1.54, 1.807) is 24.3 Å². The molecule has 0 bridgehead atoms. The summed E-state index contributed by atoms with van der Waals surface area (Å²) in [5.41, 5.74) is 5.46. The number of aromatic nitrogens is 6. The number of imidazole rings is 2. The number of H-pyrrole nitrogens is 2. The molecule has 172 valence electrons. The monoisotopic (exact) mass is 469 g/mol. The van der Waals surface area contributed by atoms with Gasteiger partial charge in [-0.05, 0) is 30.3 Å². The summed E-state index contributed by atoms with van der Waals surface area (Å²) in [6.45, 7) is 0. The maximum absolute atomic E-state index is 13.0. The van der Waals surface area contributed by atoms with E-state index in [0.29, 0.717) is 11.4 Å². The lowest BCUT2D eigenvalue weighted by molar-refractivity contribution is -0.144. The van der Waals surface area contributed by atoms with Crippen LogP contribution in [0.2, 0.25) is 0 Å². The quantitative estimate of drug-likeness (QED) is 0.369. The number of amides is 1. The zero-order valence-electron chi connectivity index (χ0n) is 17.3. The number of hydrogen-bond donors (Lipinski definition) is 3. The summed E-state index contributed by atoms with van der Waals surface area (Å²) in [7, 11) is 1.43. The van der Waals surface area contributed by atoms with E-state index in [4.69, 9.17) is 10.5 Å². The first-order valence-electron chi connectivity index (χ1n) is 9.70. The Morgan fingerprint density at radius 2 is 1.85 bits per heavy atom. The van der Waals surface area contributed by atoms with Gasteiger partial charge in [-0.2, -0.15) is 13.2 Å². The fourth-order valence-electron chi connectivity index (χ4n) is 3.61. The molecule has 13 heteroatoms.